The fourth-order valence-corrected chi connectivity index (χ4v) is 10.2. The summed E-state index contributed by atoms with van der Waals surface area (Å²) < 4.78 is 0. The molecule has 0 aliphatic rings. The molecule has 10 aromatic carbocycles. The quantitative estimate of drug-likeness (QED) is 0.0950. The third-order valence-corrected chi connectivity index (χ3v) is 13.5. The zero-order chi connectivity index (χ0) is 43.4. The van der Waals surface area contributed by atoms with Crippen LogP contribution in [0.2, 0.25) is 0 Å². The van der Waals surface area contributed by atoms with Crippen LogP contribution in [0.25, 0.3) is 88.0 Å². The van der Waals surface area contributed by atoms with E-state index in [1.165, 1.54) is 98.1 Å². The Kier molecular flexibility index (Phi) is 11.0. The first-order valence-electron chi connectivity index (χ1n) is 22.2. The first-order chi connectivity index (χ1) is 32.2. The summed E-state index contributed by atoms with van der Waals surface area (Å²) in [7, 11) is 0. The first-order valence-corrected chi connectivity index (χ1v) is 23.1. The summed E-state index contributed by atoms with van der Waals surface area (Å²) in [5.41, 5.74) is 16.9. The highest BCUT2D eigenvalue weighted by Crippen LogP contribution is 2.46. The Labute approximate surface area is 385 Å². The van der Waals surface area contributed by atoms with Crippen molar-refractivity contribution < 1.29 is 0 Å². The Morgan fingerprint density at radius 3 is 1.03 bits per heavy atom. The number of hydrogen-bond acceptors (Lipinski definition) is 1. The molecule has 0 saturated carbocycles. The van der Waals surface area contributed by atoms with Crippen LogP contribution in [0, 0.1) is 0 Å². The summed E-state index contributed by atoms with van der Waals surface area (Å²) >= 11 is 1.85. The van der Waals surface area contributed by atoms with Gasteiger partial charge in [0.2, 0.25) is 0 Å². The van der Waals surface area contributed by atoms with Crippen LogP contribution in [0.4, 0.5) is 0 Å². The zero-order valence-electron chi connectivity index (χ0n) is 35.8. The lowest BCUT2D eigenvalue weighted by molar-refractivity contribution is 1.55. The van der Waals surface area contributed by atoms with Crippen molar-refractivity contribution in [3.05, 3.63) is 288 Å². The van der Waals surface area contributed by atoms with Crippen molar-refractivity contribution >= 4 is 56.2 Å². The highest BCUT2D eigenvalue weighted by molar-refractivity contribution is 7.18. The fraction of sp³-hybridized carbons (Fsp3) is 0. The first kappa shape index (κ1) is 39.7. The van der Waals surface area contributed by atoms with Crippen molar-refractivity contribution in [3.63, 3.8) is 0 Å². The fourth-order valence-electron chi connectivity index (χ4n) is 9.17. The minimum Gasteiger partial charge on any atom is -0.135 e. The maximum Gasteiger partial charge on any atom is 0.0349 e. The van der Waals surface area contributed by atoms with Crippen LogP contribution < -0.4 is 0 Å². The number of benzene rings is 10. The minimum atomic E-state index is 1.16. The molecule has 0 fully saturated rings. The van der Waals surface area contributed by atoms with Gasteiger partial charge in [0.05, 0.1) is 0 Å². The van der Waals surface area contributed by atoms with Gasteiger partial charge in [0.25, 0.3) is 0 Å². The van der Waals surface area contributed by atoms with Gasteiger partial charge in [-0.1, -0.05) is 237 Å². The second-order valence-corrected chi connectivity index (χ2v) is 17.5. The summed E-state index contributed by atoms with van der Waals surface area (Å²) in [6, 6.07) is 92.4. The van der Waals surface area contributed by atoms with Crippen LogP contribution in [0.15, 0.2) is 255 Å². The van der Waals surface area contributed by atoms with Gasteiger partial charge in [-0.05, 0) is 130 Å². The Balaban J connectivity index is 1.07. The molecule has 11 aromatic rings. The predicted molar refractivity (Wildman–Crippen MR) is 281 cm³/mol. The molecule has 1 heterocycles. The molecule has 0 spiro atoms. The molecule has 65 heavy (non-hydrogen) atoms. The molecule has 11 rings (SSSR count). The van der Waals surface area contributed by atoms with E-state index in [1.54, 1.807) is 0 Å². The molecule has 1 heteroatoms. The topological polar surface area (TPSA) is 0 Å². The third-order valence-electron chi connectivity index (χ3n) is 12.3. The van der Waals surface area contributed by atoms with Gasteiger partial charge in [-0.25, -0.2) is 0 Å². The second-order valence-electron chi connectivity index (χ2n) is 16.4. The zero-order valence-corrected chi connectivity index (χ0v) is 36.6. The Morgan fingerprint density at radius 1 is 0.262 bits per heavy atom. The molecule has 306 valence electrons. The van der Waals surface area contributed by atoms with Crippen LogP contribution in [-0.2, 0) is 0 Å². The van der Waals surface area contributed by atoms with Gasteiger partial charge >= 0.3 is 0 Å². The Bertz CT molecular complexity index is 3370. The van der Waals surface area contributed by atoms with Gasteiger partial charge in [-0.3, -0.25) is 0 Å². The van der Waals surface area contributed by atoms with E-state index in [2.05, 4.69) is 267 Å². The second kappa shape index (κ2) is 17.9. The Morgan fingerprint density at radius 2 is 0.600 bits per heavy atom. The maximum absolute atomic E-state index is 2.43. The van der Waals surface area contributed by atoms with E-state index >= 15 is 0 Å². The van der Waals surface area contributed by atoms with Crippen LogP contribution in [-0.4, -0.2) is 0 Å². The minimum absolute atomic E-state index is 1.16. The molecule has 0 aliphatic carbocycles. The average molecular weight is 845 g/mol. The van der Waals surface area contributed by atoms with Crippen LogP contribution in [0.1, 0.15) is 33.4 Å². The highest BCUT2D eigenvalue weighted by Gasteiger charge is 2.19. The molecular formula is C64H44S. The summed E-state index contributed by atoms with van der Waals surface area (Å²) in [6.45, 7) is 0. The molecule has 0 amide bonds. The number of thiophene rings is 1. The van der Waals surface area contributed by atoms with E-state index in [4.69, 9.17) is 0 Å². The molecule has 0 atom stereocenters. The van der Waals surface area contributed by atoms with Crippen LogP contribution in [0.3, 0.4) is 0 Å². The number of hydrogen-bond donors (Lipinski definition) is 0. The van der Waals surface area contributed by atoms with E-state index in [1.807, 2.05) is 11.3 Å². The summed E-state index contributed by atoms with van der Waals surface area (Å²) in [4.78, 5) is 2.52. The highest BCUT2D eigenvalue weighted by atomic mass is 32.1. The van der Waals surface area contributed by atoms with Gasteiger partial charge < -0.3 is 0 Å². The van der Waals surface area contributed by atoms with E-state index in [9.17, 15) is 0 Å². The number of fused-ring (bicyclic) bond motifs is 2. The molecule has 0 N–H and O–H groups in total. The van der Waals surface area contributed by atoms with Gasteiger partial charge in [0.1, 0.15) is 0 Å². The molecule has 0 nitrogen and oxygen atoms in total. The third kappa shape index (κ3) is 8.18. The summed E-state index contributed by atoms with van der Waals surface area (Å²) in [5.74, 6) is 0. The van der Waals surface area contributed by atoms with Crippen molar-refractivity contribution in [2.24, 2.45) is 0 Å². The van der Waals surface area contributed by atoms with E-state index in [-0.39, 0.29) is 0 Å². The smallest absolute Gasteiger partial charge is 0.0349 e. The van der Waals surface area contributed by atoms with Gasteiger partial charge in [-0.2, -0.15) is 0 Å². The van der Waals surface area contributed by atoms with Crippen molar-refractivity contribution in [1.29, 1.82) is 0 Å². The summed E-state index contributed by atoms with van der Waals surface area (Å²) in [5, 5.41) is 4.95. The monoisotopic (exact) mass is 844 g/mol. The largest absolute Gasteiger partial charge is 0.135 e. The lowest BCUT2D eigenvalue weighted by Gasteiger charge is -2.19. The Hall–Kier alpha value is -8.10. The van der Waals surface area contributed by atoms with Crippen molar-refractivity contribution in [3.8, 4) is 43.1 Å². The number of rotatable bonds is 10. The van der Waals surface area contributed by atoms with E-state index in [0.29, 0.717) is 0 Å². The van der Waals surface area contributed by atoms with Gasteiger partial charge in [0.15, 0.2) is 0 Å². The van der Waals surface area contributed by atoms with E-state index in [0.717, 1.165) is 11.1 Å². The lowest BCUT2D eigenvalue weighted by Crippen LogP contribution is -1.92. The van der Waals surface area contributed by atoms with Gasteiger partial charge in [0, 0.05) is 9.75 Å². The normalized spacial score (nSPS) is 11.1. The van der Waals surface area contributed by atoms with Crippen molar-refractivity contribution in [2.45, 2.75) is 0 Å². The predicted octanol–water partition coefficient (Wildman–Crippen LogP) is 17.9. The average Bonchev–Trinajstić information content (AvgIpc) is 3.89. The molecule has 0 unspecified atom stereocenters. The van der Waals surface area contributed by atoms with Crippen molar-refractivity contribution in [1.82, 2.24) is 0 Å². The molecule has 0 saturated heterocycles. The molecule has 0 radical (unpaired) electrons. The SMILES string of the molecule is C(=C(c1ccccc1)c1ccccc1)c1ccc(-c2c3ccccc3c(-c3ccc(C=C(c4ccccc4)c4ccccc4)cc3)c3cc(-c4ccc(-c5ccccc5)s4)ccc23)cc1. The lowest BCUT2D eigenvalue weighted by atomic mass is 9.85. The maximum atomic E-state index is 2.43. The van der Waals surface area contributed by atoms with Crippen molar-refractivity contribution in [2.75, 3.05) is 0 Å². The van der Waals surface area contributed by atoms with Crippen LogP contribution in [0.5, 0.6) is 0 Å². The van der Waals surface area contributed by atoms with E-state index < -0.39 is 0 Å². The molecule has 1 aromatic heterocycles. The standard InChI is InChI=1S/C64H44S/c1-6-18-47(19-7-1)58(48-20-8-2-9-21-48)42-45-30-34-52(35-31-45)63-55-28-16-17-29-56(55)64(60-44-54(38-39-57(60)63)62-41-40-61(65-62)51-26-14-5-15-27-51)53-36-32-46(33-37-53)43-59(49-22-10-3-11-23-49)50-24-12-4-13-25-50/h1-44H. The molecular weight excluding hydrogens is 801 g/mol. The molecule has 0 aliphatic heterocycles. The van der Waals surface area contributed by atoms with Gasteiger partial charge in [-0.15, -0.1) is 11.3 Å². The van der Waals surface area contributed by atoms with Crippen LogP contribution >= 0.6 is 11.3 Å². The summed E-state index contributed by atoms with van der Waals surface area (Å²) in [6.07, 6.45) is 4.63. The molecule has 0 bridgehead atoms.